The molecule has 0 bridgehead atoms. The summed E-state index contributed by atoms with van der Waals surface area (Å²) in [5.41, 5.74) is 7.20. The first-order chi connectivity index (χ1) is 7.43. The van der Waals surface area contributed by atoms with Crippen molar-refractivity contribution < 1.29 is 4.79 Å². The highest BCUT2D eigenvalue weighted by Gasteiger charge is 2.15. The molecule has 1 aromatic carbocycles. The Morgan fingerprint density at radius 1 is 1.56 bits per heavy atom. The summed E-state index contributed by atoms with van der Waals surface area (Å²) in [5.74, 6) is -0.0547. The van der Waals surface area contributed by atoms with Gasteiger partial charge in [-0.25, -0.2) is 0 Å². The molecule has 0 aliphatic carbocycles. The van der Waals surface area contributed by atoms with Crippen LogP contribution in [0.5, 0.6) is 0 Å². The minimum absolute atomic E-state index is 0.0547. The van der Waals surface area contributed by atoms with Gasteiger partial charge in [-0.3, -0.25) is 4.79 Å². The maximum Gasteiger partial charge on any atom is 0.255 e. The van der Waals surface area contributed by atoms with Crippen molar-refractivity contribution in [1.29, 1.82) is 0 Å². The number of amides is 1. The van der Waals surface area contributed by atoms with E-state index in [0.717, 1.165) is 9.13 Å². The number of aryl methyl sites for hydroxylation is 1. The normalized spacial score (nSPS) is 9.94. The number of rotatable bonds is 3. The Bertz CT molecular complexity index is 434. The van der Waals surface area contributed by atoms with Gasteiger partial charge in [-0.2, -0.15) is 0 Å². The molecule has 0 atom stereocenters. The van der Waals surface area contributed by atoms with Gasteiger partial charge in [0.15, 0.2) is 0 Å². The van der Waals surface area contributed by atoms with E-state index in [4.69, 9.17) is 18.0 Å². The van der Waals surface area contributed by atoms with Gasteiger partial charge in [-0.15, -0.1) is 0 Å². The maximum absolute atomic E-state index is 12.1. The van der Waals surface area contributed by atoms with E-state index in [0.29, 0.717) is 17.1 Å². The predicted molar refractivity (Wildman–Crippen MR) is 77.6 cm³/mol. The first-order valence-corrected chi connectivity index (χ1v) is 6.21. The van der Waals surface area contributed by atoms with Crippen molar-refractivity contribution in [2.75, 3.05) is 13.6 Å². The second-order valence-electron chi connectivity index (χ2n) is 3.56. The fourth-order valence-corrected chi connectivity index (χ4v) is 2.11. The topological polar surface area (TPSA) is 46.3 Å². The zero-order valence-corrected chi connectivity index (χ0v) is 12.1. The monoisotopic (exact) mass is 348 g/mol. The van der Waals surface area contributed by atoms with Crippen LogP contribution in [0.2, 0.25) is 0 Å². The van der Waals surface area contributed by atoms with Gasteiger partial charge in [-0.05, 0) is 41.1 Å². The second kappa shape index (κ2) is 5.58. The Hall–Kier alpha value is -0.690. The molecule has 3 nitrogen and oxygen atoms in total. The van der Waals surface area contributed by atoms with Crippen LogP contribution in [0.15, 0.2) is 18.2 Å². The Kier molecular flexibility index (Phi) is 4.67. The Balaban J connectivity index is 2.96. The molecule has 0 aromatic heterocycles. The summed E-state index contributed by atoms with van der Waals surface area (Å²) in [5, 5.41) is 0. The van der Waals surface area contributed by atoms with E-state index in [1.54, 1.807) is 7.05 Å². The van der Waals surface area contributed by atoms with Crippen LogP contribution < -0.4 is 5.73 Å². The highest BCUT2D eigenvalue weighted by Crippen LogP contribution is 2.17. The summed E-state index contributed by atoms with van der Waals surface area (Å²) in [7, 11) is 1.69. The molecule has 5 heteroatoms. The van der Waals surface area contributed by atoms with Crippen LogP contribution in [0, 0.1) is 10.5 Å². The van der Waals surface area contributed by atoms with E-state index in [2.05, 4.69) is 22.6 Å². The largest absolute Gasteiger partial charge is 0.392 e. The summed E-state index contributed by atoms with van der Waals surface area (Å²) in [4.78, 5) is 13.9. The lowest BCUT2D eigenvalue weighted by Crippen LogP contribution is -2.34. The van der Waals surface area contributed by atoms with Crippen molar-refractivity contribution in [3.8, 4) is 0 Å². The molecule has 0 aliphatic heterocycles. The second-order valence-corrected chi connectivity index (χ2v) is 5.17. The molecule has 1 rings (SSSR count). The van der Waals surface area contributed by atoms with Gasteiger partial charge in [0, 0.05) is 10.6 Å². The van der Waals surface area contributed by atoms with Crippen molar-refractivity contribution in [3.63, 3.8) is 0 Å². The van der Waals surface area contributed by atoms with Gasteiger partial charge in [0.25, 0.3) is 5.91 Å². The Morgan fingerprint density at radius 3 is 2.75 bits per heavy atom. The number of nitrogens with two attached hydrogens (primary N) is 1. The molecule has 0 heterocycles. The molecule has 16 heavy (non-hydrogen) atoms. The molecule has 0 fully saturated rings. The van der Waals surface area contributed by atoms with E-state index in [9.17, 15) is 4.79 Å². The minimum Gasteiger partial charge on any atom is -0.392 e. The summed E-state index contributed by atoms with van der Waals surface area (Å²) < 4.78 is 0.972. The molecule has 0 spiro atoms. The summed E-state index contributed by atoms with van der Waals surface area (Å²) in [6, 6.07) is 5.67. The van der Waals surface area contributed by atoms with Crippen LogP contribution in [0.25, 0.3) is 0 Å². The number of likely N-dealkylation sites (N-methyl/N-ethyl adjacent to an activating group) is 1. The first kappa shape index (κ1) is 13.4. The van der Waals surface area contributed by atoms with Crippen LogP contribution in [-0.2, 0) is 0 Å². The summed E-state index contributed by atoms with van der Waals surface area (Å²) >= 11 is 6.96. The number of carbonyl (C=O) groups excluding carboxylic acids is 1. The summed E-state index contributed by atoms with van der Waals surface area (Å²) in [6.07, 6.45) is 0. The lowest BCUT2D eigenvalue weighted by atomic mass is 10.1. The number of hydrogen-bond donors (Lipinski definition) is 1. The molecule has 0 saturated heterocycles. The predicted octanol–water partition coefficient (Wildman–Crippen LogP) is 1.96. The van der Waals surface area contributed by atoms with Gasteiger partial charge >= 0.3 is 0 Å². The van der Waals surface area contributed by atoms with Crippen molar-refractivity contribution in [3.05, 3.63) is 32.9 Å². The van der Waals surface area contributed by atoms with Crippen molar-refractivity contribution in [1.82, 2.24) is 4.90 Å². The molecule has 1 amide bonds. The number of hydrogen-bond acceptors (Lipinski definition) is 2. The Morgan fingerprint density at radius 2 is 2.19 bits per heavy atom. The number of halogens is 1. The van der Waals surface area contributed by atoms with E-state index >= 15 is 0 Å². The van der Waals surface area contributed by atoms with Gasteiger partial charge in [0.1, 0.15) is 0 Å². The van der Waals surface area contributed by atoms with Crippen LogP contribution in [-0.4, -0.2) is 29.4 Å². The zero-order chi connectivity index (χ0) is 12.3. The van der Waals surface area contributed by atoms with E-state index < -0.39 is 0 Å². The number of thiocarbonyl (C=S) groups is 1. The lowest BCUT2D eigenvalue weighted by molar-refractivity contribution is 0.0814. The molecule has 1 aromatic rings. The van der Waals surface area contributed by atoms with Crippen molar-refractivity contribution >= 4 is 45.7 Å². The van der Waals surface area contributed by atoms with E-state index in [1.807, 2.05) is 25.1 Å². The molecule has 0 radical (unpaired) electrons. The third-order valence-electron chi connectivity index (χ3n) is 2.16. The summed E-state index contributed by atoms with van der Waals surface area (Å²) in [6.45, 7) is 2.28. The quantitative estimate of drug-likeness (QED) is 0.671. The zero-order valence-electron chi connectivity index (χ0n) is 9.16. The van der Waals surface area contributed by atoms with Gasteiger partial charge in [0.2, 0.25) is 0 Å². The van der Waals surface area contributed by atoms with Crippen molar-refractivity contribution in [2.45, 2.75) is 6.92 Å². The number of carbonyl (C=O) groups is 1. The fourth-order valence-electron chi connectivity index (χ4n) is 1.32. The van der Waals surface area contributed by atoms with Gasteiger partial charge < -0.3 is 10.6 Å². The number of nitrogens with zero attached hydrogens (tertiary/aromatic N) is 1. The average Bonchev–Trinajstić information content (AvgIpc) is 2.20. The van der Waals surface area contributed by atoms with Gasteiger partial charge in [-0.1, -0.05) is 24.4 Å². The molecular weight excluding hydrogens is 335 g/mol. The highest BCUT2D eigenvalue weighted by atomic mass is 127. The Labute approximate surface area is 114 Å². The first-order valence-electron chi connectivity index (χ1n) is 4.72. The molecule has 0 aliphatic rings. The van der Waals surface area contributed by atoms with Crippen LogP contribution in [0.3, 0.4) is 0 Å². The fraction of sp³-hybridized carbons (Fsp3) is 0.273. The standard InChI is InChI=1S/C11H13IN2OS/c1-7-4-3-5-8(10(7)12)11(15)14(2)6-9(13)16/h3-5H,6H2,1-2H3,(H2,13,16). The molecular formula is C11H13IN2OS. The van der Waals surface area contributed by atoms with Crippen LogP contribution in [0.4, 0.5) is 0 Å². The number of benzene rings is 1. The molecule has 2 N–H and O–H groups in total. The lowest BCUT2D eigenvalue weighted by Gasteiger charge is -2.17. The maximum atomic E-state index is 12.1. The third kappa shape index (κ3) is 3.15. The van der Waals surface area contributed by atoms with Gasteiger partial charge in [0.05, 0.1) is 17.1 Å². The van der Waals surface area contributed by atoms with Crippen LogP contribution in [0.1, 0.15) is 15.9 Å². The average molecular weight is 348 g/mol. The smallest absolute Gasteiger partial charge is 0.255 e. The minimum atomic E-state index is -0.0547. The molecule has 0 unspecified atom stereocenters. The molecule has 0 saturated carbocycles. The SMILES string of the molecule is Cc1cccc(C(=O)N(C)CC(N)=S)c1I. The highest BCUT2D eigenvalue weighted by molar-refractivity contribution is 14.1. The van der Waals surface area contributed by atoms with E-state index in [1.165, 1.54) is 4.90 Å². The molecule has 86 valence electrons. The third-order valence-corrected chi connectivity index (χ3v) is 3.72. The van der Waals surface area contributed by atoms with Crippen LogP contribution >= 0.6 is 34.8 Å². The van der Waals surface area contributed by atoms with Crippen molar-refractivity contribution in [2.24, 2.45) is 5.73 Å². The van der Waals surface area contributed by atoms with E-state index in [-0.39, 0.29) is 5.91 Å².